The van der Waals surface area contributed by atoms with E-state index in [4.69, 9.17) is 4.74 Å². The highest BCUT2D eigenvalue weighted by atomic mass is 16.5. The molecule has 3 rings (SSSR count). The topological polar surface area (TPSA) is 76.4 Å². The van der Waals surface area contributed by atoms with E-state index in [0.29, 0.717) is 6.54 Å². The average Bonchev–Trinajstić information content (AvgIpc) is 3.22. The summed E-state index contributed by atoms with van der Waals surface area (Å²) in [6, 6.07) is 8.06. The molecule has 128 valence electrons. The first-order valence-electron chi connectivity index (χ1n) is 8.29. The van der Waals surface area contributed by atoms with E-state index >= 15 is 0 Å². The van der Waals surface area contributed by atoms with Gasteiger partial charge in [0, 0.05) is 26.6 Å². The van der Waals surface area contributed by atoms with Crippen LogP contribution in [0.5, 0.6) is 5.75 Å². The second-order valence-corrected chi connectivity index (χ2v) is 5.70. The monoisotopic (exact) mass is 328 g/mol. The van der Waals surface area contributed by atoms with Gasteiger partial charge in [-0.2, -0.15) is 0 Å². The molecule has 2 heterocycles. The molecule has 1 aliphatic heterocycles. The molecule has 0 unspecified atom stereocenters. The van der Waals surface area contributed by atoms with E-state index < -0.39 is 0 Å². The molecule has 0 fully saturated rings. The Hall–Kier alpha value is -2.57. The van der Waals surface area contributed by atoms with E-state index in [1.54, 1.807) is 14.2 Å². The number of rotatable bonds is 6. The number of ether oxygens (including phenoxy) is 1. The van der Waals surface area contributed by atoms with Gasteiger partial charge in [-0.15, -0.1) is 10.2 Å². The van der Waals surface area contributed by atoms with Crippen molar-refractivity contribution in [3.8, 4) is 5.75 Å². The molecule has 7 nitrogen and oxygen atoms in total. The minimum Gasteiger partial charge on any atom is -0.496 e. The summed E-state index contributed by atoms with van der Waals surface area (Å²) in [5.41, 5.74) is 1.18. The van der Waals surface area contributed by atoms with Gasteiger partial charge in [-0.3, -0.25) is 4.99 Å². The summed E-state index contributed by atoms with van der Waals surface area (Å²) in [5, 5.41) is 15.1. The highest BCUT2D eigenvalue weighted by Gasteiger charge is 2.17. The lowest BCUT2D eigenvalue weighted by Gasteiger charge is -2.13. The van der Waals surface area contributed by atoms with Gasteiger partial charge in [-0.1, -0.05) is 18.2 Å². The van der Waals surface area contributed by atoms with Crippen LogP contribution in [0.15, 0.2) is 29.3 Å². The second-order valence-electron chi connectivity index (χ2n) is 5.70. The Kier molecular flexibility index (Phi) is 5.30. The lowest BCUT2D eigenvalue weighted by atomic mass is 10.1. The van der Waals surface area contributed by atoms with Gasteiger partial charge in [0.05, 0.1) is 13.7 Å². The number of nitrogens with one attached hydrogen (secondary N) is 2. The summed E-state index contributed by atoms with van der Waals surface area (Å²) in [6.07, 6.45) is 3.05. The number of aliphatic imine (C=N–C) groups is 1. The molecule has 0 atom stereocenters. The predicted octanol–water partition coefficient (Wildman–Crippen LogP) is 1.14. The van der Waals surface area contributed by atoms with Crippen LogP contribution >= 0.6 is 0 Å². The normalized spacial score (nSPS) is 13.7. The molecular weight excluding hydrogens is 304 g/mol. The maximum Gasteiger partial charge on any atom is 0.191 e. The quantitative estimate of drug-likeness (QED) is 0.614. The van der Waals surface area contributed by atoms with Crippen molar-refractivity contribution in [2.45, 2.75) is 32.4 Å². The van der Waals surface area contributed by atoms with Crippen LogP contribution in [0.1, 0.15) is 23.6 Å². The molecule has 0 radical (unpaired) electrons. The SMILES string of the molecule is CN=C(NCCc1ccccc1OC)NCc1nnc2n1CCC2. The number of methoxy groups -OCH3 is 1. The van der Waals surface area contributed by atoms with Gasteiger partial charge in [-0.05, 0) is 24.5 Å². The van der Waals surface area contributed by atoms with Crippen molar-refractivity contribution in [2.75, 3.05) is 20.7 Å². The largest absolute Gasteiger partial charge is 0.496 e. The highest BCUT2D eigenvalue weighted by Crippen LogP contribution is 2.17. The van der Waals surface area contributed by atoms with Crippen molar-refractivity contribution >= 4 is 5.96 Å². The number of guanidine groups is 1. The molecule has 0 saturated carbocycles. The fraction of sp³-hybridized carbons (Fsp3) is 0.471. The smallest absolute Gasteiger partial charge is 0.191 e. The molecule has 2 N–H and O–H groups in total. The molecule has 1 aromatic heterocycles. The Bertz CT molecular complexity index is 709. The summed E-state index contributed by atoms with van der Waals surface area (Å²) in [4.78, 5) is 4.26. The summed E-state index contributed by atoms with van der Waals surface area (Å²) in [6.45, 7) is 2.42. The van der Waals surface area contributed by atoms with Crippen molar-refractivity contribution in [2.24, 2.45) is 4.99 Å². The standard InChI is InChI=1S/C17H24N6O/c1-18-17(19-10-9-13-6-3-4-7-14(13)24-2)20-12-16-22-21-15-8-5-11-23(15)16/h3-4,6-7H,5,8-12H2,1-2H3,(H2,18,19,20). The minimum absolute atomic E-state index is 0.626. The molecule has 1 aromatic carbocycles. The van der Waals surface area contributed by atoms with E-state index in [1.165, 1.54) is 5.56 Å². The molecule has 0 spiro atoms. The van der Waals surface area contributed by atoms with Gasteiger partial charge >= 0.3 is 0 Å². The lowest BCUT2D eigenvalue weighted by molar-refractivity contribution is 0.409. The van der Waals surface area contributed by atoms with Crippen molar-refractivity contribution in [1.82, 2.24) is 25.4 Å². The van der Waals surface area contributed by atoms with Gasteiger partial charge in [0.25, 0.3) is 0 Å². The number of para-hydroxylation sites is 1. The Morgan fingerprint density at radius 3 is 3.00 bits per heavy atom. The van der Waals surface area contributed by atoms with Crippen LogP contribution < -0.4 is 15.4 Å². The Morgan fingerprint density at radius 1 is 1.29 bits per heavy atom. The number of nitrogens with zero attached hydrogens (tertiary/aromatic N) is 4. The number of aryl methyl sites for hydroxylation is 1. The summed E-state index contributed by atoms with van der Waals surface area (Å²) < 4.78 is 7.57. The number of hydrogen-bond acceptors (Lipinski definition) is 4. The van der Waals surface area contributed by atoms with Crippen LogP contribution in [0.25, 0.3) is 0 Å². The van der Waals surface area contributed by atoms with Crippen LogP contribution in [0.3, 0.4) is 0 Å². The number of benzene rings is 1. The molecule has 0 amide bonds. The number of aromatic nitrogens is 3. The van der Waals surface area contributed by atoms with Crippen molar-refractivity contribution < 1.29 is 4.74 Å². The molecular formula is C17H24N6O. The molecule has 7 heteroatoms. The average molecular weight is 328 g/mol. The summed E-state index contributed by atoms with van der Waals surface area (Å²) in [7, 11) is 3.47. The first-order valence-corrected chi connectivity index (χ1v) is 8.29. The molecule has 0 bridgehead atoms. The van der Waals surface area contributed by atoms with Gasteiger partial charge in [-0.25, -0.2) is 0 Å². The third-order valence-corrected chi connectivity index (χ3v) is 4.20. The second kappa shape index (κ2) is 7.81. The zero-order valence-electron chi connectivity index (χ0n) is 14.2. The molecule has 2 aromatic rings. The van der Waals surface area contributed by atoms with E-state index in [0.717, 1.165) is 55.7 Å². The van der Waals surface area contributed by atoms with Crippen LogP contribution in [0.4, 0.5) is 0 Å². The fourth-order valence-electron chi connectivity index (χ4n) is 2.95. The fourth-order valence-corrected chi connectivity index (χ4v) is 2.95. The third-order valence-electron chi connectivity index (χ3n) is 4.20. The van der Waals surface area contributed by atoms with Crippen LogP contribution in [-0.4, -0.2) is 41.4 Å². The minimum atomic E-state index is 0.626. The zero-order valence-corrected chi connectivity index (χ0v) is 14.2. The van der Waals surface area contributed by atoms with Gasteiger partial charge in [0.15, 0.2) is 11.8 Å². The first-order chi connectivity index (χ1) is 11.8. The van der Waals surface area contributed by atoms with E-state index in [1.807, 2.05) is 18.2 Å². The zero-order chi connectivity index (χ0) is 16.8. The van der Waals surface area contributed by atoms with Crippen LogP contribution in [-0.2, 0) is 25.9 Å². The Balaban J connectivity index is 1.48. The molecule has 1 aliphatic rings. The van der Waals surface area contributed by atoms with Crippen molar-refractivity contribution in [3.05, 3.63) is 41.5 Å². The highest BCUT2D eigenvalue weighted by molar-refractivity contribution is 5.79. The Labute approximate surface area is 142 Å². The summed E-state index contributed by atoms with van der Waals surface area (Å²) in [5.74, 6) is 3.74. The molecule has 0 saturated heterocycles. The van der Waals surface area contributed by atoms with Crippen LogP contribution in [0, 0.1) is 0 Å². The summed E-state index contributed by atoms with van der Waals surface area (Å²) >= 11 is 0. The molecule has 24 heavy (non-hydrogen) atoms. The maximum atomic E-state index is 5.38. The van der Waals surface area contributed by atoms with E-state index in [2.05, 4.69) is 36.5 Å². The maximum absolute atomic E-state index is 5.38. The van der Waals surface area contributed by atoms with E-state index in [-0.39, 0.29) is 0 Å². The first kappa shape index (κ1) is 16.3. The number of hydrogen-bond donors (Lipinski definition) is 2. The molecule has 0 aliphatic carbocycles. The van der Waals surface area contributed by atoms with Crippen LogP contribution in [0.2, 0.25) is 0 Å². The van der Waals surface area contributed by atoms with E-state index in [9.17, 15) is 0 Å². The Morgan fingerprint density at radius 2 is 2.17 bits per heavy atom. The van der Waals surface area contributed by atoms with Gasteiger partial charge in [0.1, 0.15) is 11.6 Å². The van der Waals surface area contributed by atoms with Crippen molar-refractivity contribution in [3.63, 3.8) is 0 Å². The van der Waals surface area contributed by atoms with Gasteiger partial charge < -0.3 is 19.9 Å². The predicted molar refractivity (Wildman–Crippen MR) is 93.2 cm³/mol. The number of fused-ring (bicyclic) bond motifs is 1. The van der Waals surface area contributed by atoms with Gasteiger partial charge in [0.2, 0.25) is 0 Å². The van der Waals surface area contributed by atoms with Crippen molar-refractivity contribution in [1.29, 1.82) is 0 Å². The lowest BCUT2D eigenvalue weighted by Crippen LogP contribution is -2.38. The third kappa shape index (κ3) is 3.67.